The van der Waals surface area contributed by atoms with E-state index in [1.54, 1.807) is 7.11 Å². The largest absolute Gasteiger partial charge is 0.497 e. The van der Waals surface area contributed by atoms with Gasteiger partial charge in [-0.05, 0) is 60.2 Å². The van der Waals surface area contributed by atoms with Gasteiger partial charge >= 0.3 is 0 Å². The molecule has 3 heteroatoms. The molecule has 21 heavy (non-hydrogen) atoms. The van der Waals surface area contributed by atoms with Crippen molar-refractivity contribution in [2.24, 2.45) is 5.73 Å². The quantitative estimate of drug-likeness (QED) is 0.931. The average Bonchev–Trinajstić information content (AvgIpc) is 2.51. The van der Waals surface area contributed by atoms with Crippen LogP contribution in [0.15, 0.2) is 42.5 Å². The zero-order valence-corrected chi connectivity index (χ0v) is 12.9. The van der Waals surface area contributed by atoms with Crippen LogP contribution < -0.4 is 10.5 Å². The van der Waals surface area contributed by atoms with Crippen molar-refractivity contribution >= 4 is 11.6 Å². The summed E-state index contributed by atoms with van der Waals surface area (Å²) in [7, 11) is 1.71. The Hall–Kier alpha value is -1.51. The van der Waals surface area contributed by atoms with Crippen LogP contribution in [-0.2, 0) is 12.8 Å². The molecule has 2 nitrogen and oxygen atoms in total. The molecule has 1 aliphatic carbocycles. The van der Waals surface area contributed by atoms with Gasteiger partial charge in [0.1, 0.15) is 5.75 Å². The molecule has 0 aliphatic heterocycles. The van der Waals surface area contributed by atoms with E-state index in [1.165, 1.54) is 16.7 Å². The van der Waals surface area contributed by atoms with E-state index in [2.05, 4.69) is 24.3 Å². The summed E-state index contributed by atoms with van der Waals surface area (Å²) in [6, 6.07) is 14.6. The number of nitrogens with two attached hydrogens (primary N) is 1. The molecule has 0 amide bonds. The molecule has 0 heterocycles. The molecule has 0 fully saturated rings. The molecule has 0 bridgehead atoms. The minimum atomic E-state index is 0.195. The van der Waals surface area contributed by atoms with Crippen LogP contribution in [0, 0.1) is 0 Å². The van der Waals surface area contributed by atoms with E-state index in [0.717, 1.165) is 30.0 Å². The maximum absolute atomic E-state index is 6.40. The number of hydrogen-bond donors (Lipinski definition) is 1. The fourth-order valence-electron chi connectivity index (χ4n) is 3.16. The van der Waals surface area contributed by atoms with Crippen LogP contribution in [0.1, 0.15) is 29.0 Å². The van der Waals surface area contributed by atoms with E-state index < -0.39 is 0 Å². The highest BCUT2D eigenvalue weighted by Crippen LogP contribution is 2.35. The summed E-state index contributed by atoms with van der Waals surface area (Å²) in [5.74, 6) is 1.24. The molecule has 0 spiro atoms. The Balaban J connectivity index is 1.92. The first kappa shape index (κ1) is 14.4. The molecule has 2 atom stereocenters. The summed E-state index contributed by atoms with van der Waals surface area (Å²) >= 11 is 5.96. The Labute approximate surface area is 130 Å². The van der Waals surface area contributed by atoms with E-state index in [1.807, 2.05) is 18.2 Å². The molecule has 1 aliphatic rings. The summed E-state index contributed by atoms with van der Waals surface area (Å²) < 4.78 is 5.37. The van der Waals surface area contributed by atoms with E-state index in [4.69, 9.17) is 22.1 Å². The van der Waals surface area contributed by atoms with Gasteiger partial charge in [0.05, 0.1) is 7.11 Å². The smallest absolute Gasteiger partial charge is 0.119 e. The number of ether oxygens (including phenoxy) is 1. The third kappa shape index (κ3) is 3.07. The molecule has 2 unspecified atom stereocenters. The summed E-state index contributed by atoms with van der Waals surface area (Å²) in [4.78, 5) is 0. The molecular formula is C18H20ClNO. The van der Waals surface area contributed by atoms with Crippen LogP contribution in [0.5, 0.6) is 5.75 Å². The lowest BCUT2D eigenvalue weighted by atomic mass is 9.76. The Kier molecular flexibility index (Phi) is 4.18. The molecule has 2 aromatic carbocycles. The number of halogens is 1. The van der Waals surface area contributed by atoms with Crippen molar-refractivity contribution in [3.8, 4) is 5.75 Å². The number of methoxy groups -OCH3 is 1. The third-order valence-corrected chi connectivity index (χ3v) is 4.64. The topological polar surface area (TPSA) is 35.2 Å². The van der Waals surface area contributed by atoms with Crippen molar-refractivity contribution in [1.29, 1.82) is 0 Å². The van der Waals surface area contributed by atoms with Crippen molar-refractivity contribution in [3.05, 3.63) is 64.2 Å². The second kappa shape index (κ2) is 6.08. The monoisotopic (exact) mass is 301 g/mol. The van der Waals surface area contributed by atoms with E-state index in [-0.39, 0.29) is 6.04 Å². The van der Waals surface area contributed by atoms with E-state index in [9.17, 15) is 0 Å². The Morgan fingerprint density at radius 3 is 2.67 bits per heavy atom. The lowest BCUT2D eigenvalue weighted by molar-refractivity contribution is 0.409. The molecule has 2 N–H and O–H groups in total. The normalized spacial score (nSPS) is 20.9. The van der Waals surface area contributed by atoms with Gasteiger partial charge in [0.15, 0.2) is 0 Å². The maximum Gasteiger partial charge on any atom is 0.119 e. The number of benzene rings is 2. The van der Waals surface area contributed by atoms with Crippen molar-refractivity contribution in [3.63, 3.8) is 0 Å². The molecule has 0 saturated heterocycles. The van der Waals surface area contributed by atoms with Crippen LogP contribution in [-0.4, -0.2) is 13.2 Å². The first-order valence-electron chi connectivity index (χ1n) is 7.34. The number of rotatable bonds is 3. The lowest BCUT2D eigenvalue weighted by Crippen LogP contribution is -2.34. The number of aryl methyl sites for hydroxylation is 1. The van der Waals surface area contributed by atoms with E-state index in [0.29, 0.717) is 5.92 Å². The molecule has 0 radical (unpaired) electrons. The van der Waals surface area contributed by atoms with Crippen molar-refractivity contribution in [2.75, 3.05) is 7.11 Å². The van der Waals surface area contributed by atoms with Crippen molar-refractivity contribution in [1.82, 2.24) is 0 Å². The predicted molar refractivity (Wildman–Crippen MR) is 87.2 cm³/mol. The second-order valence-electron chi connectivity index (χ2n) is 5.70. The summed E-state index contributed by atoms with van der Waals surface area (Å²) in [6.45, 7) is 0. The van der Waals surface area contributed by atoms with Gasteiger partial charge in [0.2, 0.25) is 0 Å². The van der Waals surface area contributed by atoms with Gasteiger partial charge < -0.3 is 10.5 Å². The molecular weight excluding hydrogens is 282 g/mol. The number of hydrogen-bond acceptors (Lipinski definition) is 2. The first-order chi connectivity index (χ1) is 10.2. The van der Waals surface area contributed by atoms with Gasteiger partial charge in [-0.2, -0.15) is 0 Å². The van der Waals surface area contributed by atoms with Gasteiger partial charge in [-0.15, -0.1) is 0 Å². The zero-order chi connectivity index (χ0) is 14.8. The summed E-state index contributed by atoms with van der Waals surface area (Å²) in [6.07, 6.45) is 3.04. The average molecular weight is 302 g/mol. The van der Waals surface area contributed by atoms with Gasteiger partial charge in [-0.3, -0.25) is 0 Å². The zero-order valence-electron chi connectivity index (χ0n) is 12.2. The maximum atomic E-state index is 6.40. The lowest BCUT2D eigenvalue weighted by Gasteiger charge is -2.31. The van der Waals surface area contributed by atoms with Crippen LogP contribution >= 0.6 is 11.6 Å². The van der Waals surface area contributed by atoms with E-state index >= 15 is 0 Å². The SMILES string of the molecule is COc1ccc2c(c1)C(Cc1ccc(Cl)cc1)C(N)CC2. The minimum Gasteiger partial charge on any atom is -0.497 e. The molecule has 0 saturated carbocycles. The molecule has 110 valence electrons. The predicted octanol–water partition coefficient (Wildman–Crippen LogP) is 3.95. The molecule has 2 aromatic rings. The van der Waals surface area contributed by atoms with Crippen LogP contribution in [0.25, 0.3) is 0 Å². The van der Waals surface area contributed by atoms with Crippen LogP contribution in [0.4, 0.5) is 0 Å². The Morgan fingerprint density at radius 1 is 1.19 bits per heavy atom. The molecule has 0 aromatic heterocycles. The Morgan fingerprint density at radius 2 is 1.95 bits per heavy atom. The number of fused-ring (bicyclic) bond motifs is 1. The minimum absolute atomic E-state index is 0.195. The Bertz CT molecular complexity index is 624. The van der Waals surface area contributed by atoms with Crippen molar-refractivity contribution < 1.29 is 4.74 Å². The highest BCUT2D eigenvalue weighted by Gasteiger charge is 2.27. The molecule has 3 rings (SSSR count). The first-order valence-corrected chi connectivity index (χ1v) is 7.72. The van der Waals surface area contributed by atoms with Gasteiger partial charge in [-0.25, -0.2) is 0 Å². The van der Waals surface area contributed by atoms with Gasteiger partial charge in [-0.1, -0.05) is 29.8 Å². The standard InChI is InChI=1S/C18H20ClNO/c1-21-15-8-4-13-5-9-18(20)17(16(13)11-15)10-12-2-6-14(19)7-3-12/h2-4,6-8,11,17-18H,5,9-10,20H2,1H3. The fourth-order valence-corrected chi connectivity index (χ4v) is 3.29. The summed E-state index contributed by atoms with van der Waals surface area (Å²) in [5.41, 5.74) is 10.4. The highest BCUT2D eigenvalue weighted by molar-refractivity contribution is 6.30. The van der Waals surface area contributed by atoms with Crippen molar-refractivity contribution in [2.45, 2.75) is 31.2 Å². The summed E-state index contributed by atoms with van der Waals surface area (Å²) in [5, 5.41) is 0.772. The third-order valence-electron chi connectivity index (χ3n) is 4.39. The van der Waals surface area contributed by atoms with Crippen LogP contribution in [0.2, 0.25) is 5.02 Å². The fraction of sp³-hybridized carbons (Fsp3) is 0.333. The second-order valence-corrected chi connectivity index (χ2v) is 6.14. The van der Waals surface area contributed by atoms with Gasteiger partial charge in [0, 0.05) is 17.0 Å². The van der Waals surface area contributed by atoms with Gasteiger partial charge in [0.25, 0.3) is 0 Å². The highest BCUT2D eigenvalue weighted by atomic mass is 35.5. The van der Waals surface area contributed by atoms with Crippen LogP contribution in [0.3, 0.4) is 0 Å².